The minimum atomic E-state index is -0.993. The zero-order chi connectivity index (χ0) is 15.7. The van der Waals surface area contributed by atoms with Crippen LogP contribution in [0.15, 0.2) is 24.3 Å². The lowest BCUT2D eigenvalue weighted by atomic mass is 10.1. The predicted molar refractivity (Wildman–Crippen MR) is 82.1 cm³/mol. The van der Waals surface area contributed by atoms with E-state index in [1.807, 2.05) is 31.2 Å². The molecule has 0 saturated carbocycles. The fourth-order valence-electron chi connectivity index (χ4n) is 2.13. The van der Waals surface area contributed by atoms with Crippen molar-refractivity contribution in [3.8, 4) is 0 Å². The van der Waals surface area contributed by atoms with Gasteiger partial charge in [0.05, 0.1) is 0 Å². The average Bonchev–Trinajstić information content (AvgIpc) is 2.49. The van der Waals surface area contributed by atoms with E-state index in [-0.39, 0.29) is 0 Å². The summed E-state index contributed by atoms with van der Waals surface area (Å²) in [5.74, 6) is -0.993. The SMILES string of the molecule is CCCCC(NC(=O)NCc1ccccc1CC)C(=O)O. The molecular formula is C16H24N2O3. The number of nitrogens with one attached hydrogen (secondary N) is 2. The number of carbonyl (C=O) groups is 2. The highest BCUT2D eigenvalue weighted by Gasteiger charge is 2.18. The smallest absolute Gasteiger partial charge is 0.326 e. The van der Waals surface area contributed by atoms with Crippen molar-refractivity contribution in [3.05, 3.63) is 35.4 Å². The number of aryl methyl sites for hydroxylation is 1. The van der Waals surface area contributed by atoms with Crippen molar-refractivity contribution in [1.82, 2.24) is 10.6 Å². The number of urea groups is 1. The van der Waals surface area contributed by atoms with Gasteiger partial charge >= 0.3 is 12.0 Å². The van der Waals surface area contributed by atoms with Crippen molar-refractivity contribution in [2.24, 2.45) is 0 Å². The second kappa shape index (κ2) is 9.00. The first kappa shape index (κ1) is 17.0. The molecule has 1 atom stereocenters. The predicted octanol–water partition coefficient (Wildman–Crippen LogP) is 2.69. The zero-order valence-corrected chi connectivity index (χ0v) is 12.7. The fourth-order valence-corrected chi connectivity index (χ4v) is 2.13. The van der Waals surface area contributed by atoms with E-state index < -0.39 is 18.0 Å². The van der Waals surface area contributed by atoms with Gasteiger partial charge in [-0.05, 0) is 24.0 Å². The standard InChI is InChI=1S/C16H24N2O3/c1-3-5-10-14(15(19)20)18-16(21)17-11-13-9-7-6-8-12(13)4-2/h6-9,14H,3-5,10-11H2,1-2H3,(H,19,20)(H2,17,18,21). The first-order chi connectivity index (χ1) is 10.1. The molecule has 5 nitrogen and oxygen atoms in total. The summed E-state index contributed by atoms with van der Waals surface area (Å²) in [4.78, 5) is 22.9. The van der Waals surface area contributed by atoms with E-state index in [9.17, 15) is 9.59 Å². The van der Waals surface area contributed by atoms with Gasteiger partial charge in [-0.25, -0.2) is 9.59 Å². The maximum absolute atomic E-state index is 11.8. The second-order valence-corrected chi connectivity index (χ2v) is 4.98. The third kappa shape index (κ3) is 5.85. The number of carbonyl (C=O) groups excluding carboxylic acids is 1. The first-order valence-electron chi connectivity index (χ1n) is 7.42. The molecule has 0 saturated heterocycles. The number of carboxylic acids is 1. The lowest BCUT2D eigenvalue weighted by Crippen LogP contribution is -2.45. The van der Waals surface area contributed by atoms with Gasteiger partial charge in [-0.3, -0.25) is 0 Å². The summed E-state index contributed by atoms with van der Waals surface area (Å²) in [7, 11) is 0. The van der Waals surface area contributed by atoms with Gasteiger partial charge < -0.3 is 15.7 Å². The Morgan fingerprint density at radius 1 is 1.19 bits per heavy atom. The summed E-state index contributed by atoms with van der Waals surface area (Å²) >= 11 is 0. The summed E-state index contributed by atoms with van der Waals surface area (Å²) in [6, 6.07) is 6.61. The minimum absolute atomic E-state index is 0.399. The van der Waals surface area contributed by atoms with Crippen LogP contribution in [0.3, 0.4) is 0 Å². The molecule has 0 fully saturated rings. The number of amides is 2. The van der Waals surface area contributed by atoms with Gasteiger partial charge in [0.15, 0.2) is 0 Å². The van der Waals surface area contributed by atoms with Crippen molar-refractivity contribution in [1.29, 1.82) is 0 Å². The molecule has 3 N–H and O–H groups in total. The van der Waals surface area contributed by atoms with E-state index in [4.69, 9.17) is 5.11 Å². The van der Waals surface area contributed by atoms with Gasteiger partial charge in [0.2, 0.25) is 0 Å². The van der Waals surface area contributed by atoms with Crippen LogP contribution in [0.4, 0.5) is 4.79 Å². The van der Waals surface area contributed by atoms with Gasteiger partial charge in [0, 0.05) is 6.54 Å². The number of benzene rings is 1. The number of hydrogen-bond donors (Lipinski definition) is 3. The lowest BCUT2D eigenvalue weighted by molar-refractivity contribution is -0.139. The minimum Gasteiger partial charge on any atom is -0.480 e. The molecule has 0 aromatic heterocycles. The van der Waals surface area contributed by atoms with Crippen LogP contribution in [-0.4, -0.2) is 23.1 Å². The van der Waals surface area contributed by atoms with Crippen molar-refractivity contribution in [3.63, 3.8) is 0 Å². The Morgan fingerprint density at radius 2 is 1.86 bits per heavy atom. The molecule has 21 heavy (non-hydrogen) atoms. The molecular weight excluding hydrogens is 268 g/mol. The molecule has 2 amide bonds. The Balaban J connectivity index is 2.50. The Bertz CT molecular complexity index is 474. The van der Waals surface area contributed by atoms with Crippen molar-refractivity contribution >= 4 is 12.0 Å². The van der Waals surface area contributed by atoms with E-state index in [0.29, 0.717) is 13.0 Å². The van der Waals surface area contributed by atoms with E-state index in [1.54, 1.807) is 0 Å². The summed E-state index contributed by atoms with van der Waals surface area (Å²) in [6.07, 6.45) is 3.02. The van der Waals surface area contributed by atoms with Gasteiger partial charge in [0.1, 0.15) is 6.04 Å². The summed E-state index contributed by atoms with van der Waals surface area (Å²) < 4.78 is 0. The topological polar surface area (TPSA) is 78.4 Å². The van der Waals surface area contributed by atoms with Gasteiger partial charge in [-0.15, -0.1) is 0 Å². The van der Waals surface area contributed by atoms with Crippen molar-refractivity contribution in [2.75, 3.05) is 0 Å². The first-order valence-corrected chi connectivity index (χ1v) is 7.42. The Kier molecular flexibility index (Phi) is 7.29. The highest BCUT2D eigenvalue weighted by molar-refractivity contribution is 5.82. The Labute approximate surface area is 125 Å². The Hall–Kier alpha value is -2.04. The fraction of sp³-hybridized carbons (Fsp3) is 0.500. The van der Waals surface area contributed by atoms with Crippen LogP contribution in [0, 0.1) is 0 Å². The van der Waals surface area contributed by atoms with Crippen LogP contribution in [-0.2, 0) is 17.8 Å². The third-order valence-electron chi connectivity index (χ3n) is 3.39. The molecule has 1 aromatic rings. The molecule has 1 unspecified atom stereocenters. The molecule has 0 aliphatic carbocycles. The number of hydrogen-bond acceptors (Lipinski definition) is 2. The van der Waals surface area contributed by atoms with Crippen LogP contribution in [0.25, 0.3) is 0 Å². The van der Waals surface area contributed by atoms with Crippen LogP contribution < -0.4 is 10.6 Å². The second-order valence-electron chi connectivity index (χ2n) is 4.98. The molecule has 0 radical (unpaired) electrons. The third-order valence-corrected chi connectivity index (χ3v) is 3.39. The van der Waals surface area contributed by atoms with Crippen molar-refractivity contribution < 1.29 is 14.7 Å². The van der Waals surface area contributed by atoms with Crippen LogP contribution in [0.2, 0.25) is 0 Å². The average molecular weight is 292 g/mol. The van der Waals surface area contributed by atoms with Crippen LogP contribution in [0.5, 0.6) is 0 Å². The molecule has 1 rings (SSSR count). The monoisotopic (exact) mass is 292 g/mol. The number of rotatable bonds is 8. The van der Waals surface area contributed by atoms with E-state index in [0.717, 1.165) is 24.8 Å². The molecule has 0 heterocycles. The van der Waals surface area contributed by atoms with Gasteiger partial charge in [-0.1, -0.05) is 51.0 Å². The molecule has 0 aliphatic rings. The summed E-state index contributed by atoms with van der Waals surface area (Å²) in [6.45, 7) is 4.45. The normalized spacial score (nSPS) is 11.7. The van der Waals surface area contributed by atoms with E-state index >= 15 is 0 Å². The Morgan fingerprint density at radius 3 is 2.43 bits per heavy atom. The largest absolute Gasteiger partial charge is 0.480 e. The summed E-state index contributed by atoms with van der Waals surface area (Å²) in [5.41, 5.74) is 2.23. The molecule has 0 bridgehead atoms. The van der Waals surface area contributed by atoms with Crippen molar-refractivity contribution in [2.45, 2.75) is 52.1 Å². The lowest BCUT2D eigenvalue weighted by Gasteiger charge is -2.15. The maximum Gasteiger partial charge on any atom is 0.326 e. The van der Waals surface area contributed by atoms with E-state index in [1.165, 1.54) is 5.56 Å². The van der Waals surface area contributed by atoms with Crippen LogP contribution >= 0.6 is 0 Å². The van der Waals surface area contributed by atoms with E-state index in [2.05, 4.69) is 17.6 Å². The molecule has 0 spiro atoms. The number of aliphatic carboxylic acids is 1. The van der Waals surface area contributed by atoms with Gasteiger partial charge in [0.25, 0.3) is 0 Å². The molecule has 116 valence electrons. The highest BCUT2D eigenvalue weighted by Crippen LogP contribution is 2.09. The maximum atomic E-state index is 11.8. The quantitative estimate of drug-likeness (QED) is 0.689. The highest BCUT2D eigenvalue weighted by atomic mass is 16.4. The summed E-state index contributed by atoms with van der Waals surface area (Å²) in [5, 5.41) is 14.3. The molecule has 1 aromatic carbocycles. The molecule has 0 aliphatic heterocycles. The zero-order valence-electron chi connectivity index (χ0n) is 12.7. The van der Waals surface area contributed by atoms with Gasteiger partial charge in [-0.2, -0.15) is 0 Å². The van der Waals surface area contributed by atoms with Crippen LogP contribution in [0.1, 0.15) is 44.2 Å². The number of carboxylic acid groups (broad SMARTS) is 1. The molecule has 5 heteroatoms. The number of unbranched alkanes of at least 4 members (excludes halogenated alkanes) is 1.